The van der Waals surface area contributed by atoms with Gasteiger partial charge in [0.15, 0.2) is 14.6 Å². The molecule has 0 aliphatic carbocycles. The first kappa shape index (κ1) is 26.6. The maximum absolute atomic E-state index is 12.2. The van der Waals surface area contributed by atoms with Crippen molar-refractivity contribution < 1.29 is 28.2 Å². The molecule has 0 N–H and O–H groups in total. The van der Waals surface area contributed by atoms with Crippen LogP contribution in [0.5, 0.6) is 0 Å². The number of methoxy groups -OCH3 is 2. The third kappa shape index (κ3) is 7.31. The number of ether oxygens (including phenoxy) is 4. The smallest absolute Gasteiger partial charge is 0.311 e. The summed E-state index contributed by atoms with van der Waals surface area (Å²) in [6.45, 7) is 19.1. The summed E-state index contributed by atoms with van der Waals surface area (Å²) in [4.78, 5) is 12.2. The number of carbonyl (C=O) groups excluding carboxylic acids is 1. The summed E-state index contributed by atoms with van der Waals surface area (Å²) in [6.07, 6.45) is 0.562. The first-order valence-corrected chi connectivity index (χ1v) is 13.6. The van der Waals surface area contributed by atoms with E-state index in [0.717, 1.165) is 6.42 Å². The van der Waals surface area contributed by atoms with Gasteiger partial charge in [-0.2, -0.15) is 0 Å². The lowest BCUT2D eigenvalue weighted by Gasteiger charge is -2.42. The lowest BCUT2D eigenvalue weighted by atomic mass is 9.94. The van der Waals surface area contributed by atoms with Crippen molar-refractivity contribution in [2.75, 3.05) is 20.8 Å². The van der Waals surface area contributed by atoms with Crippen LogP contribution >= 0.6 is 0 Å². The number of hydrogen-bond donors (Lipinski definition) is 0. The van der Waals surface area contributed by atoms with E-state index in [2.05, 4.69) is 40.8 Å². The molecule has 29 heavy (non-hydrogen) atoms. The van der Waals surface area contributed by atoms with E-state index in [1.165, 1.54) is 0 Å². The van der Waals surface area contributed by atoms with Crippen LogP contribution in [-0.4, -0.2) is 59.7 Å². The van der Waals surface area contributed by atoms with Crippen LogP contribution in [-0.2, 0) is 28.2 Å². The average Bonchev–Trinajstić information content (AvgIpc) is 2.94. The molecule has 1 fully saturated rings. The standard InChI is InChI=1S/C22H44O6Si/c1-15-14-17(24-8)27-18(15)19(25-9)16(28-29(10,11)22(5,6)7)12-13-26-20(23)21(2,3)4/h15-19H,12-14H2,1-11H3/t15-,16-,17-,18-,19-/m1/s1. The fraction of sp³-hybridized carbons (Fsp3) is 0.955. The van der Waals surface area contributed by atoms with E-state index < -0.39 is 13.7 Å². The zero-order valence-electron chi connectivity index (χ0n) is 20.5. The number of rotatable bonds is 9. The molecule has 0 saturated carbocycles. The molecular weight excluding hydrogens is 388 g/mol. The highest BCUT2D eigenvalue weighted by molar-refractivity contribution is 6.74. The van der Waals surface area contributed by atoms with Gasteiger partial charge in [-0.1, -0.05) is 27.7 Å². The Morgan fingerprint density at radius 2 is 1.72 bits per heavy atom. The number of esters is 1. The van der Waals surface area contributed by atoms with Crippen molar-refractivity contribution in [1.82, 2.24) is 0 Å². The fourth-order valence-electron chi connectivity index (χ4n) is 3.18. The van der Waals surface area contributed by atoms with E-state index in [1.807, 2.05) is 20.8 Å². The summed E-state index contributed by atoms with van der Waals surface area (Å²) < 4.78 is 29.7. The first-order valence-electron chi connectivity index (χ1n) is 10.7. The third-order valence-corrected chi connectivity index (χ3v) is 10.7. The molecule has 1 aliphatic heterocycles. The van der Waals surface area contributed by atoms with Crippen molar-refractivity contribution in [1.29, 1.82) is 0 Å². The van der Waals surface area contributed by atoms with Crippen LogP contribution in [0.4, 0.5) is 0 Å². The Bertz CT molecular complexity index is 522. The highest BCUT2D eigenvalue weighted by atomic mass is 28.4. The quantitative estimate of drug-likeness (QED) is 0.386. The first-order chi connectivity index (χ1) is 13.1. The van der Waals surface area contributed by atoms with Gasteiger partial charge in [-0.3, -0.25) is 4.79 Å². The van der Waals surface area contributed by atoms with Gasteiger partial charge < -0.3 is 23.4 Å². The summed E-state index contributed by atoms with van der Waals surface area (Å²) in [5, 5.41) is 0.0584. The van der Waals surface area contributed by atoms with E-state index in [9.17, 15) is 4.79 Å². The summed E-state index contributed by atoms with van der Waals surface area (Å²) in [6, 6.07) is 0. The molecule has 172 valence electrons. The van der Waals surface area contributed by atoms with Gasteiger partial charge in [0.1, 0.15) is 6.10 Å². The monoisotopic (exact) mass is 432 g/mol. The molecule has 1 rings (SSSR count). The predicted octanol–water partition coefficient (Wildman–Crippen LogP) is 4.77. The lowest BCUT2D eigenvalue weighted by Crippen LogP contribution is -2.51. The van der Waals surface area contributed by atoms with Crippen LogP contribution in [0.3, 0.4) is 0 Å². The summed E-state index contributed by atoms with van der Waals surface area (Å²) in [5.41, 5.74) is -0.523. The molecule has 0 aromatic carbocycles. The van der Waals surface area contributed by atoms with Crippen LogP contribution in [0.1, 0.15) is 61.3 Å². The van der Waals surface area contributed by atoms with Gasteiger partial charge >= 0.3 is 5.97 Å². The maximum Gasteiger partial charge on any atom is 0.311 e. The fourth-order valence-corrected chi connectivity index (χ4v) is 4.55. The van der Waals surface area contributed by atoms with E-state index in [1.54, 1.807) is 14.2 Å². The molecule has 6 nitrogen and oxygen atoms in total. The van der Waals surface area contributed by atoms with Crippen LogP contribution in [0, 0.1) is 11.3 Å². The van der Waals surface area contributed by atoms with Crippen molar-refractivity contribution in [3.8, 4) is 0 Å². The van der Waals surface area contributed by atoms with Gasteiger partial charge in [0, 0.05) is 27.1 Å². The molecule has 0 spiro atoms. The molecule has 7 heteroatoms. The van der Waals surface area contributed by atoms with Crippen molar-refractivity contribution in [2.45, 2.75) is 104 Å². The summed E-state index contributed by atoms with van der Waals surface area (Å²) in [7, 11) is 1.30. The zero-order chi connectivity index (χ0) is 22.6. The largest absolute Gasteiger partial charge is 0.465 e. The Labute approximate surface area is 179 Å². The molecule has 1 saturated heterocycles. The predicted molar refractivity (Wildman–Crippen MR) is 117 cm³/mol. The van der Waals surface area contributed by atoms with Crippen LogP contribution in [0.15, 0.2) is 0 Å². The van der Waals surface area contributed by atoms with Crippen molar-refractivity contribution >= 4 is 14.3 Å². The Balaban J connectivity index is 3.00. The molecule has 0 amide bonds. The molecule has 0 bridgehead atoms. The van der Waals surface area contributed by atoms with E-state index in [4.69, 9.17) is 23.4 Å². The Kier molecular flexibility index (Phi) is 9.36. The van der Waals surface area contributed by atoms with Crippen LogP contribution in [0.2, 0.25) is 18.1 Å². The van der Waals surface area contributed by atoms with Gasteiger partial charge in [-0.15, -0.1) is 0 Å². The lowest BCUT2D eigenvalue weighted by molar-refractivity contribution is -0.167. The van der Waals surface area contributed by atoms with Crippen molar-refractivity contribution in [3.05, 3.63) is 0 Å². The Morgan fingerprint density at radius 1 is 1.14 bits per heavy atom. The molecule has 0 aromatic rings. The second-order valence-electron chi connectivity index (χ2n) is 10.8. The van der Waals surface area contributed by atoms with E-state index in [0.29, 0.717) is 13.0 Å². The minimum absolute atomic E-state index is 0.0584. The van der Waals surface area contributed by atoms with Crippen LogP contribution < -0.4 is 0 Å². The summed E-state index contributed by atoms with van der Waals surface area (Å²) >= 11 is 0. The van der Waals surface area contributed by atoms with Gasteiger partial charge in [-0.05, 0) is 44.8 Å². The second kappa shape index (κ2) is 10.2. The van der Waals surface area contributed by atoms with Crippen molar-refractivity contribution in [3.63, 3.8) is 0 Å². The summed E-state index contributed by atoms with van der Waals surface area (Å²) in [5.74, 6) is 0.0787. The van der Waals surface area contributed by atoms with E-state index in [-0.39, 0.29) is 41.5 Å². The normalized spacial score (nSPS) is 25.7. The van der Waals surface area contributed by atoms with Gasteiger partial charge in [0.25, 0.3) is 0 Å². The molecule has 1 heterocycles. The molecule has 0 unspecified atom stereocenters. The highest BCUT2D eigenvalue weighted by Crippen LogP contribution is 2.40. The van der Waals surface area contributed by atoms with Gasteiger partial charge in [0.05, 0.1) is 24.2 Å². The molecule has 0 aromatic heterocycles. The number of carbonyl (C=O) groups is 1. The molecule has 0 radical (unpaired) electrons. The highest BCUT2D eigenvalue weighted by Gasteiger charge is 2.46. The van der Waals surface area contributed by atoms with Gasteiger partial charge in [0.2, 0.25) is 0 Å². The minimum Gasteiger partial charge on any atom is -0.465 e. The zero-order valence-corrected chi connectivity index (χ0v) is 21.5. The topological polar surface area (TPSA) is 63.2 Å². The Morgan fingerprint density at radius 3 is 2.14 bits per heavy atom. The minimum atomic E-state index is -2.07. The third-order valence-electron chi connectivity index (χ3n) is 6.16. The van der Waals surface area contributed by atoms with Crippen LogP contribution in [0.25, 0.3) is 0 Å². The van der Waals surface area contributed by atoms with E-state index >= 15 is 0 Å². The molecule has 5 atom stereocenters. The Hall–Kier alpha value is -0.473. The number of hydrogen-bond acceptors (Lipinski definition) is 6. The average molecular weight is 433 g/mol. The van der Waals surface area contributed by atoms with Crippen molar-refractivity contribution in [2.24, 2.45) is 11.3 Å². The maximum atomic E-state index is 12.2. The molecular formula is C22H44O6Si. The molecule has 1 aliphatic rings. The second-order valence-corrected chi connectivity index (χ2v) is 15.5. The van der Waals surface area contributed by atoms with Gasteiger partial charge in [-0.25, -0.2) is 0 Å². The SMILES string of the molecule is CO[C@H]1C[C@@H](C)[C@H]([C@H](OC)[C@@H](CCOC(=O)C(C)(C)C)O[Si](C)(C)C(C)(C)C)O1.